The molecule has 1 rings (SSSR count). The molecule has 0 atom stereocenters. The molecule has 1 heterocycles. The molecule has 0 saturated heterocycles. The Morgan fingerprint density at radius 1 is 1.58 bits per heavy atom. The Labute approximate surface area is 79.6 Å². The summed E-state index contributed by atoms with van der Waals surface area (Å²) in [6.45, 7) is 3.04. The maximum absolute atomic E-state index is 4.32. The largest absolute Gasteiger partial charge is 0.316 e. The van der Waals surface area contributed by atoms with Crippen LogP contribution < -0.4 is 5.32 Å². The van der Waals surface area contributed by atoms with Crippen LogP contribution in [0.1, 0.15) is 18.2 Å². The van der Waals surface area contributed by atoms with E-state index in [0.717, 1.165) is 13.0 Å². The molecule has 1 aromatic heterocycles. The lowest BCUT2D eigenvalue weighted by Crippen LogP contribution is -2.05. The highest BCUT2D eigenvalue weighted by molar-refractivity contribution is 5.85. The molecule has 1 N–H and O–H groups in total. The molecule has 12 heavy (non-hydrogen) atoms. The molecule has 0 fully saturated rings. The van der Waals surface area contributed by atoms with Crippen molar-refractivity contribution in [3.8, 4) is 0 Å². The van der Waals surface area contributed by atoms with Crippen LogP contribution in [0.5, 0.6) is 0 Å². The molecule has 70 valence electrons. The summed E-state index contributed by atoms with van der Waals surface area (Å²) in [5.74, 6) is 0. The molecule has 0 unspecified atom stereocenters. The lowest BCUT2D eigenvalue weighted by Gasteiger charge is -1.95. The summed E-state index contributed by atoms with van der Waals surface area (Å²) in [7, 11) is 3.91. The van der Waals surface area contributed by atoms with Crippen LogP contribution in [0.15, 0.2) is 6.20 Å². The van der Waals surface area contributed by atoms with Gasteiger partial charge in [0, 0.05) is 25.4 Å². The number of nitrogens with zero attached hydrogens (tertiary/aromatic N) is 2. The first-order chi connectivity index (χ1) is 5.27. The zero-order valence-electron chi connectivity index (χ0n) is 7.79. The molecule has 0 saturated carbocycles. The first-order valence-electron chi connectivity index (χ1n) is 3.94. The van der Waals surface area contributed by atoms with E-state index in [2.05, 4.69) is 23.5 Å². The standard InChI is InChI=1S/C8H15N3.ClH/c1-4-8-7(5-9-2)6-11(3)10-8;/h6,9H,4-5H2,1-3H3;1H. The van der Waals surface area contributed by atoms with Gasteiger partial charge in [-0.15, -0.1) is 12.4 Å². The summed E-state index contributed by atoms with van der Waals surface area (Å²) in [6, 6.07) is 0. The molecule has 3 nitrogen and oxygen atoms in total. The van der Waals surface area contributed by atoms with Gasteiger partial charge in [-0.05, 0) is 13.5 Å². The first-order valence-corrected chi connectivity index (χ1v) is 3.94. The van der Waals surface area contributed by atoms with E-state index in [1.165, 1.54) is 11.3 Å². The van der Waals surface area contributed by atoms with Crippen LogP contribution in [-0.2, 0) is 20.0 Å². The second-order valence-electron chi connectivity index (χ2n) is 2.66. The van der Waals surface area contributed by atoms with Crippen molar-refractivity contribution in [2.24, 2.45) is 7.05 Å². The van der Waals surface area contributed by atoms with Crippen LogP contribution in [0.3, 0.4) is 0 Å². The molecule has 0 amide bonds. The minimum atomic E-state index is 0. The van der Waals surface area contributed by atoms with Gasteiger partial charge in [0.2, 0.25) is 0 Å². The minimum absolute atomic E-state index is 0. The fraction of sp³-hybridized carbons (Fsp3) is 0.625. The van der Waals surface area contributed by atoms with E-state index in [0.29, 0.717) is 0 Å². The molecule has 0 radical (unpaired) electrons. The number of halogens is 1. The second kappa shape index (κ2) is 5.17. The second-order valence-corrected chi connectivity index (χ2v) is 2.66. The monoisotopic (exact) mass is 189 g/mol. The fourth-order valence-corrected chi connectivity index (χ4v) is 1.22. The van der Waals surface area contributed by atoms with Gasteiger partial charge in [0.15, 0.2) is 0 Å². The van der Waals surface area contributed by atoms with Crippen molar-refractivity contribution in [3.63, 3.8) is 0 Å². The lowest BCUT2D eigenvalue weighted by molar-refractivity contribution is 0.746. The predicted molar refractivity (Wildman–Crippen MR) is 52.6 cm³/mol. The van der Waals surface area contributed by atoms with Gasteiger partial charge in [0.1, 0.15) is 0 Å². The molecule has 0 aliphatic heterocycles. The van der Waals surface area contributed by atoms with Crippen molar-refractivity contribution in [1.29, 1.82) is 0 Å². The highest BCUT2D eigenvalue weighted by Gasteiger charge is 2.02. The Morgan fingerprint density at radius 2 is 2.25 bits per heavy atom. The summed E-state index contributed by atoms with van der Waals surface area (Å²) < 4.78 is 1.87. The topological polar surface area (TPSA) is 29.9 Å². The van der Waals surface area contributed by atoms with Crippen LogP contribution in [-0.4, -0.2) is 16.8 Å². The predicted octanol–water partition coefficient (Wildman–Crippen LogP) is 1.12. The van der Waals surface area contributed by atoms with E-state index < -0.39 is 0 Å². The summed E-state index contributed by atoms with van der Waals surface area (Å²) in [4.78, 5) is 0. The molecule has 4 heteroatoms. The maximum Gasteiger partial charge on any atom is 0.0666 e. The molecular formula is C8H16ClN3. The highest BCUT2D eigenvalue weighted by atomic mass is 35.5. The third kappa shape index (κ3) is 2.50. The average molecular weight is 190 g/mol. The molecule has 1 aromatic rings. The van der Waals surface area contributed by atoms with Gasteiger partial charge in [-0.1, -0.05) is 6.92 Å². The molecule has 0 aliphatic carbocycles. The molecule has 0 bridgehead atoms. The highest BCUT2D eigenvalue weighted by Crippen LogP contribution is 2.05. The van der Waals surface area contributed by atoms with Gasteiger partial charge in [0.05, 0.1) is 5.69 Å². The van der Waals surface area contributed by atoms with Gasteiger partial charge in [0.25, 0.3) is 0 Å². The van der Waals surface area contributed by atoms with E-state index in [-0.39, 0.29) is 12.4 Å². The Kier molecular flexibility index (Phi) is 4.93. The Balaban J connectivity index is 0.00000121. The maximum atomic E-state index is 4.32. The third-order valence-corrected chi connectivity index (χ3v) is 1.69. The summed E-state index contributed by atoms with van der Waals surface area (Å²) in [6.07, 6.45) is 3.08. The van der Waals surface area contributed by atoms with Crippen LogP contribution in [0.2, 0.25) is 0 Å². The van der Waals surface area contributed by atoms with Crippen molar-refractivity contribution >= 4 is 12.4 Å². The van der Waals surface area contributed by atoms with E-state index in [4.69, 9.17) is 0 Å². The van der Waals surface area contributed by atoms with Gasteiger partial charge in [-0.2, -0.15) is 5.10 Å². The molecule has 0 aliphatic rings. The smallest absolute Gasteiger partial charge is 0.0666 e. The van der Waals surface area contributed by atoms with Crippen molar-refractivity contribution in [2.45, 2.75) is 19.9 Å². The average Bonchev–Trinajstić information content (AvgIpc) is 2.32. The Morgan fingerprint density at radius 3 is 2.75 bits per heavy atom. The van der Waals surface area contributed by atoms with Gasteiger partial charge in [-0.25, -0.2) is 0 Å². The fourth-order valence-electron chi connectivity index (χ4n) is 1.22. The lowest BCUT2D eigenvalue weighted by atomic mass is 10.2. The number of aryl methyl sites for hydroxylation is 2. The van der Waals surface area contributed by atoms with Gasteiger partial charge >= 0.3 is 0 Å². The normalized spacial score (nSPS) is 9.58. The van der Waals surface area contributed by atoms with Gasteiger partial charge in [-0.3, -0.25) is 4.68 Å². The molecule has 0 spiro atoms. The van der Waals surface area contributed by atoms with Crippen molar-refractivity contribution in [2.75, 3.05) is 7.05 Å². The zero-order chi connectivity index (χ0) is 8.27. The van der Waals surface area contributed by atoms with Crippen molar-refractivity contribution < 1.29 is 0 Å². The van der Waals surface area contributed by atoms with Gasteiger partial charge < -0.3 is 5.32 Å². The van der Waals surface area contributed by atoms with Crippen molar-refractivity contribution in [1.82, 2.24) is 15.1 Å². The molecule has 0 aromatic carbocycles. The number of hydrogen-bond donors (Lipinski definition) is 1. The summed E-state index contributed by atoms with van der Waals surface area (Å²) in [5.41, 5.74) is 2.50. The number of hydrogen-bond acceptors (Lipinski definition) is 2. The first kappa shape index (κ1) is 11.5. The van der Waals surface area contributed by atoms with E-state index in [9.17, 15) is 0 Å². The zero-order valence-corrected chi connectivity index (χ0v) is 8.61. The van der Waals surface area contributed by atoms with E-state index >= 15 is 0 Å². The number of aromatic nitrogens is 2. The minimum Gasteiger partial charge on any atom is -0.316 e. The van der Waals surface area contributed by atoms with Crippen LogP contribution in [0.25, 0.3) is 0 Å². The quantitative estimate of drug-likeness (QED) is 0.773. The van der Waals surface area contributed by atoms with Crippen LogP contribution in [0.4, 0.5) is 0 Å². The Bertz CT molecular complexity index is 232. The van der Waals surface area contributed by atoms with E-state index in [1.807, 2.05) is 18.8 Å². The summed E-state index contributed by atoms with van der Waals surface area (Å²) in [5, 5.41) is 7.44. The third-order valence-electron chi connectivity index (χ3n) is 1.69. The van der Waals surface area contributed by atoms with Crippen molar-refractivity contribution in [3.05, 3.63) is 17.5 Å². The number of rotatable bonds is 3. The molecular weight excluding hydrogens is 174 g/mol. The summed E-state index contributed by atoms with van der Waals surface area (Å²) >= 11 is 0. The number of nitrogens with one attached hydrogen (secondary N) is 1. The van der Waals surface area contributed by atoms with Crippen LogP contribution >= 0.6 is 12.4 Å². The van der Waals surface area contributed by atoms with E-state index in [1.54, 1.807) is 0 Å². The Hall–Kier alpha value is -0.540. The van der Waals surface area contributed by atoms with Crippen LogP contribution in [0, 0.1) is 0 Å². The SMILES string of the molecule is CCc1nn(C)cc1CNC.Cl.